The van der Waals surface area contributed by atoms with E-state index in [4.69, 9.17) is 0 Å². The average Bonchev–Trinajstić information content (AvgIpc) is 2.97. The van der Waals surface area contributed by atoms with Crippen LogP contribution in [0.5, 0.6) is 0 Å². The van der Waals surface area contributed by atoms with Gasteiger partial charge in [0.25, 0.3) is 0 Å². The van der Waals surface area contributed by atoms with Crippen LogP contribution in [0.15, 0.2) is 35.0 Å². The van der Waals surface area contributed by atoms with Crippen LogP contribution >= 0.6 is 22.7 Å². The monoisotopic (exact) mass is 268 g/mol. The molecule has 0 radical (unpaired) electrons. The molecule has 0 unspecified atom stereocenters. The number of hydrogen-bond donors (Lipinski definition) is 3. The summed E-state index contributed by atoms with van der Waals surface area (Å²) in [6, 6.07) is 7.09. The van der Waals surface area contributed by atoms with Gasteiger partial charge in [-0.3, -0.25) is 5.32 Å². The summed E-state index contributed by atoms with van der Waals surface area (Å²) < 4.78 is 0. The second-order valence-corrected chi connectivity index (χ2v) is 5.27. The normalized spacial score (nSPS) is 12.1. The molecule has 0 spiro atoms. The maximum Gasteiger partial charge on any atom is 0.319 e. The largest absolute Gasteiger partial charge is 0.386 e. The van der Waals surface area contributed by atoms with Gasteiger partial charge in [0.05, 0.1) is 11.5 Å². The van der Waals surface area contributed by atoms with Gasteiger partial charge >= 0.3 is 6.03 Å². The highest BCUT2D eigenvalue weighted by atomic mass is 32.1. The molecule has 2 aromatic rings. The maximum absolute atomic E-state index is 11.5. The number of amides is 2. The van der Waals surface area contributed by atoms with Crippen LogP contribution in [0.2, 0.25) is 0 Å². The Morgan fingerprint density at radius 2 is 2.06 bits per heavy atom. The minimum Gasteiger partial charge on any atom is -0.386 e. The number of rotatable bonds is 4. The van der Waals surface area contributed by atoms with E-state index in [0.29, 0.717) is 0 Å². The van der Waals surface area contributed by atoms with E-state index in [1.807, 2.05) is 35.0 Å². The fraction of sp³-hybridized carbons (Fsp3) is 0.182. The molecule has 2 heterocycles. The van der Waals surface area contributed by atoms with Crippen molar-refractivity contribution in [2.24, 2.45) is 0 Å². The fourth-order valence-corrected chi connectivity index (χ4v) is 2.60. The van der Waals surface area contributed by atoms with Gasteiger partial charge in [-0.2, -0.15) is 0 Å². The molecule has 0 aromatic carbocycles. The minimum absolute atomic E-state index is 0.206. The number of thiophene rings is 2. The number of urea groups is 1. The van der Waals surface area contributed by atoms with Gasteiger partial charge in [-0.1, -0.05) is 6.07 Å². The van der Waals surface area contributed by atoms with Gasteiger partial charge in [0.15, 0.2) is 0 Å². The van der Waals surface area contributed by atoms with E-state index in [2.05, 4.69) is 10.6 Å². The van der Waals surface area contributed by atoms with Crippen LogP contribution in [0, 0.1) is 0 Å². The summed E-state index contributed by atoms with van der Waals surface area (Å²) in [5.41, 5.74) is 0. The van der Waals surface area contributed by atoms with E-state index in [1.165, 1.54) is 22.7 Å². The summed E-state index contributed by atoms with van der Waals surface area (Å²) in [7, 11) is 0. The van der Waals surface area contributed by atoms with E-state index >= 15 is 0 Å². The van der Waals surface area contributed by atoms with E-state index in [9.17, 15) is 9.90 Å². The molecule has 0 bridgehead atoms. The molecule has 0 aliphatic heterocycles. The molecule has 0 aliphatic rings. The molecule has 3 N–H and O–H groups in total. The lowest BCUT2D eigenvalue weighted by Crippen LogP contribution is -2.31. The highest BCUT2D eigenvalue weighted by Gasteiger charge is 2.10. The Balaban J connectivity index is 1.76. The van der Waals surface area contributed by atoms with Crippen LogP contribution in [0.25, 0.3) is 0 Å². The highest BCUT2D eigenvalue weighted by Crippen LogP contribution is 2.18. The van der Waals surface area contributed by atoms with E-state index in [1.54, 1.807) is 0 Å². The van der Waals surface area contributed by atoms with E-state index < -0.39 is 6.10 Å². The molecule has 0 fully saturated rings. The number of nitrogens with one attached hydrogen (secondary N) is 2. The molecular weight excluding hydrogens is 256 g/mol. The van der Waals surface area contributed by atoms with Gasteiger partial charge < -0.3 is 10.4 Å². The van der Waals surface area contributed by atoms with Crippen LogP contribution in [0.4, 0.5) is 9.80 Å². The Morgan fingerprint density at radius 3 is 2.71 bits per heavy atom. The third-order valence-electron chi connectivity index (χ3n) is 2.09. The standard InChI is InChI=1S/C11H12N2O2S2/c14-8(9-3-1-5-16-9)7-12-11(15)13-10-4-2-6-17-10/h1-6,8,14H,7H2,(H2,12,13,15)/t8-/m0/s1. The molecule has 1 atom stereocenters. The summed E-state index contributed by atoms with van der Waals surface area (Å²) >= 11 is 2.92. The van der Waals surface area contributed by atoms with Crippen molar-refractivity contribution in [3.8, 4) is 0 Å². The lowest BCUT2D eigenvalue weighted by molar-refractivity contribution is 0.178. The quantitative estimate of drug-likeness (QED) is 0.798. The lowest BCUT2D eigenvalue weighted by atomic mass is 10.3. The van der Waals surface area contributed by atoms with Crippen molar-refractivity contribution in [2.75, 3.05) is 11.9 Å². The molecule has 90 valence electrons. The van der Waals surface area contributed by atoms with Crippen molar-refractivity contribution >= 4 is 33.7 Å². The summed E-state index contributed by atoms with van der Waals surface area (Å²) in [5, 5.41) is 19.6. The second kappa shape index (κ2) is 5.81. The van der Waals surface area contributed by atoms with Crippen LogP contribution in [-0.2, 0) is 0 Å². The molecule has 2 amide bonds. The van der Waals surface area contributed by atoms with E-state index in [-0.39, 0.29) is 12.6 Å². The number of aliphatic hydroxyl groups is 1. The van der Waals surface area contributed by atoms with Gasteiger partial charge in [-0.15, -0.1) is 22.7 Å². The van der Waals surface area contributed by atoms with Crippen LogP contribution in [0.1, 0.15) is 11.0 Å². The first-order valence-corrected chi connectivity index (χ1v) is 6.81. The van der Waals surface area contributed by atoms with Crippen molar-refractivity contribution in [3.63, 3.8) is 0 Å². The molecule has 0 saturated heterocycles. The number of carbonyl (C=O) groups is 1. The Morgan fingerprint density at radius 1 is 1.29 bits per heavy atom. The maximum atomic E-state index is 11.5. The van der Waals surface area contributed by atoms with Crippen molar-refractivity contribution in [3.05, 3.63) is 39.9 Å². The molecule has 0 saturated carbocycles. The molecule has 6 heteroatoms. The van der Waals surface area contributed by atoms with Crippen LogP contribution in [0.3, 0.4) is 0 Å². The van der Waals surface area contributed by atoms with E-state index in [0.717, 1.165) is 9.88 Å². The first-order chi connectivity index (χ1) is 8.25. The third-order valence-corrected chi connectivity index (χ3v) is 3.84. The Labute approximate surface area is 107 Å². The van der Waals surface area contributed by atoms with Crippen LogP contribution < -0.4 is 10.6 Å². The van der Waals surface area contributed by atoms with Gasteiger partial charge in [0, 0.05) is 4.88 Å². The first kappa shape index (κ1) is 12.1. The van der Waals surface area contributed by atoms with Crippen molar-refractivity contribution < 1.29 is 9.90 Å². The summed E-state index contributed by atoms with van der Waals surface area (Å²) in [5.74, 6) is 0. The SMILES string of the molecule is O=C(NC[C@H](O)c1cccs1)Nc1cccs1. The Hall–Kier alpha value is -1.37. The molecule has 17 heavy (non-hydrogen) atoms. The lowest BCUT2D eigenvalue weighted by Gasteiger charge is -2.10. The molecule has 4 nitrogen and oxygen atoms in total. The zero-order chi connectivity index (χ0) is 12.1. The highest BCUT2D eigenvalue weighted by molar-refractivity contribution is 7.14. The molecule has 2 rings (SSSR count). The Kier molecular flexibility index (Phi) is 4.13. The predicted molar refractivity (Wildman–Crippen MR) is 70.6 cm³/mol. The predicted octanol–water partition coefficient (Wildman–Crippen LogP) is 2.66. The van der Waals surface area contributed by atoms with Crippen molar-refractivity contribution in [1.82, 2.24) is 5.32 Å². The van der Waals surface area contributed by atoms with Gasteiger partial charge in [0.1, 0.15) is 6.10 Å². The summed E-state index contributed by atoms with van der Waals surface area (Å²) in [6.07, 6.45) is -0.649. The molecular formula is C11H12N2O2S2. The van der Waals surface area contributed by atoms with Gasteiger partial charge in [-0.25, -0.2) is 4.79 Å². The number of aliphatic hydroxyl groups excluding tert-OH is 1. The second-order valence-electron chi connectivity index (χ2n) is 3.34. The van der Waals surface area contributed by atoms with Crippen molar-refractivity contribution in [1.29, 1.82) is 0 Å². The number of anilines is 1. The zero-order valence-corrected chi connectivity index (χ0v) is 10.6. The topological polar surface area (TPSA) is 61.4 Å². The smallest absolute Gasteiger partial charge is 0.319 e. The summed E-state index contributed by atoms with van der Waals surface area (Å²) in [6.45, 7) is 0.206. The number of hydrogen-bond acceptors (Lipinski definition) is 4. The third kappa shape index (κ3) is 3.55. The first-order valence-electron chi connectivity index (χ1n) is 5.05. The van der Waals surface area contributed by atoms with Crippen molar-refractivity contribution in [2.45, 2.75) is 6.10 Å². The average molecular weight is 268 g/mol. The number of carbonyl (C=O) groups excluding carboxylic acids is 1. The Bertz CT molecular complexity index is 454. The minimum atomic E-state index is -0.649. The van der Waals surface area contributed by atoms with Gasteiger partial charge in [-0.05, 0) is 29.0 Å². The molecule has 2 aromatic heterocycles. The molecule has 0 aliphatic carbocycles. The summed E-state index contributed by atoms with van der Waals surface area (Å²) in [4.78, 5) is 12.3. The van der Waals surface area contributed by atoms with Gasteiger partial charge in [0.2, 0.25) is 0 Å². The zero-order valence-electron chi connectivity index (χ0n) is 8.92. The van der Waals surface area contributed by atoms with Crippen LogP contribution in [-0.4, -0.2) is 17.7 Å². The fourth-order valence-electron chi connectivity index (χ4n) is 1.28.